The van der Waals surface area contributed by atoms with E-state index in [-0.39, 0.29) is 11.8 Å². The van der Waals surface area contributed by atoms with Crippen LogP contribution in [0.15, 0.2) is 30.3 Å². The third-order valence-electron chi connectivity index (χ3n) is 5.48. The Labute approximate surface area is 138 Å². The second kappa shape index (κ2) is 6.73. The monoisotopic (exact) mass is 314 g/mol. The number of amides is 2. The molecule has 1 aromatic rings. The summed E-state index contributed by atoms with van der Waals surface area (Å²) in [4.78, 5) is 26.9. The number of para-hydroxylation sites is 1. The molecule has 1 aliphatic heterocycles. The molecule has 1 aliphatic carbocycles. The van der Waals surface area contributed by atoms with Crippen LogP contribution in [0.5, 0.6) is 0 Å². The Hall–Kier alpha value is -1.84. The number of nitrogens with zero attached hydrogens (tertiary/aromatic N) is 1. The minimum absolute atomic E-state index is 0.0795. The normalized spacial score (nSPS) is 24.3. The van der Waals surface area contributed by atoms with E-state index in [2.05, 4.69) is 5.32 Å². The van der Waals surface area contributed by atoms with Crippen molar-refractivity contribution in [3.8, 4) is 0 Å². The van der Waals surface area contributed by atoms with E-state index in [1.165, 1.54) is 25.7 Å². The highest BCUT2D eigenvalue weighted by Crippen LogP contribution is 2.34. The number of carbonyl (C=O) groups is 2. The Kier molecular flexibility index (Phi) is 4.69. The highest BCUT2D eigenvalue weighted by atomic mass is 16.2. The van der Waals surface area contributed by atoms with Gasteiger partial charge in [0, 0.05) is 18.7 Å². The molecule has 124 valence electrons. The quantitative estimate of drug-likeness (QED) is 0.903. The van der Waals surface area contributed by atoms with Crippen molar-refractivity contribution in [1.82, 2.24) is 4.90 Å². The lowest BCUT2D eigenvalue weighted by Gasteiger charge is -2.49. The molecule has 1 saturated heterocycles. The number of nitrogens with one attached hydrogen (secondary N) is 1. The van der Waals surface area contributed by atoms with Crippen molar-refractivity contribution in [1.29, 1.82) is 0 Å². The number of rotatable bonds is 5. The lowest BCUT2D eigenvalue weighted by atomic mass is 9.84. The molecule has 3 rings (SSSR count). The van der Waals surface area contributed by atoms with Crippen LogP contribution in [0.1, 0.15) is 51.9 Å². The molecule has 0 radical (unpaired) electrons. The third-order valence-corrected chi connectivity index (χ3v) is 5.48. The van der Waals surface area contributed by atoms with Gasteiger partial charge in [0.15, 0.2) is 0 Å². The second-order valence-electron chi connectivity index (χ2n) is 7.08. The van der Waals surface area contributed by atoms with Gasteiger partial charge in [0.25, 0.3) is 0 Å². The summed E-state index contributed by atoms with van der Waals surface area (Å²) in [5, 5.41) is 2.93. The minimum Gasteiger partial charge on any atom is -0.328 e. The molecule has 4 nitrogen and oxygen atoms in total. The summed E-state index contributed by atoms with van der Waals surface area (Å²) in [6, 6.07) is 9.43. The van der Waals surface area contributed by atoms with Crippen LogP contribution >= 0.6 is 0 Å². The zero-order valence-corrected chi connectivity index (χ0v) is 13.9. The standard InChI is InChI=1S/C19H26N2O2/c1-19(18(23)20-16-9-3-2-4-10-16)13-14-21(19)17(22)12-11-15-7-5-6-8-15/h2-4,9-10,15H,5-8,11-14H2,1H3,(H,20,23). The van der Waals surface area contributed by atoms with Crippen LogP contribution in [-0.2, 0) is 9.59 Å². The molecule has 1 aromatic carbocycles. The van der Waals surface area contributed by atoms with E-state index in [0.717, 1.165) is 18.5 Å². The van der Waals surface area contributed by atoms with Crippen molar-refractivity contribution in [3.63, 3.8) is 0 Å². The lowest BCUT2D eigenvalue weighted by molar-refractivity contribution is -0.155. The molecule has 0 aromatic heterocycles. The van der Waals surface area contributed by atoms with Gasteiger partial charge in [-0.15, -0.1) is 0 Å². The summed E-state index contributed by atoms with van der Waals surface area (Å²) in [6.45, 7) is 2.57. The highest BCUT2D eigenvalue weighted by molar-refractivity contribution is 6.01. The van der Waals surface area contributed by atoms with Crippen LogP contribution in [0.4, 0.5) is 5.69 Å². The molecular weight excluding hydrogens is 288 g/mol. The van der Waals surface area contributed by atoms with Crippen molar-refractivity contribution in [2.24, 2.45) is 5.92 Å². The first-order valence-corrected chi connectivity index (χ1v) is 8.76. The largest absolute Gasteiger partial charge is 0.328 e. The summed E-state index contributed by atoms with van der Waals surface area (Å²) >= 11 is 0. The summed E-state index contributed by atoms with van der Waals surface area (Å²) < 4.78 is 0. The molecule has 1 heterocycles. The Morgan fingerprint density at radius 1 is 1.22 bits per heavy atom. The molecule has 2 fully saturated rings. The molecule has 23 heavy (non-hydrogen) atoms. The predicted molar refractivity (Wildman–Crippen MR) is 91.0 cm³/mol. The minimum atomic E-state index is -0.692. The van der Waals surface area contributed by atoms with Crippen molar-refractivity contribution >= 4 is 17.5 Å². The van der Waals surface area contributed by atoms with E-state index in [1.54, 1.807) is 4.90 Å². The van der Waals surface area contributed by atoms with Gasteiger partial charge in [-0.05, 0) is 37.8 Å². The first-order valence-electron chi connectivity index (χ1n) is 8.76. The number of anilines is 1. The van der Waals surface area contributed by atoms with Gasteiger partial charge in [0.05, 0.1) is 0 Å². The van der Waals surface area contributed by atoms with E-state index in [9.17, 15) is 9.59 Å². The van der Waals surface area contributed by atoms with Crippen molar-refractivity contribution in [2.75, 3.05) is 11.9 Å². The van der Waals surface area contributed by atoms with Crippen molar-refractivity contribution < 1.29 is 9.59 Å². The Morgan fingerprint density at radius 2 is 1.91 bits per heavy atom. The maximum absolute atomic E-state index is 12.6. The van der Waals surface area contributed by atoms with Gasteiger partial charge in [-0.3, -0.25) is 9.59 Å². The summed E-state index contributed by atoms with van der Waals surface area (Å²) in [5.74, 6) is 0.766. The fourth-order valence-corrected chi connectivity index (χ4v) is 3.74. The smallest absolute Gasteiger partial charge is 0.250 e. The molecule has 1 atom stereocenters. The van der Waals surface area contributed by atoms with Gasteiger partial charge in [0.1, 0.15) is 5.54 Å². The number of hydrogen-bond donors (Lipinski definition) is 1. The molecule has 2 aliphatic rings. The Balaban J connectivity index is 1.55. The number of carbonyl (C=O) groups excluding carboxylic acids is 2. The van der Waals surface area contributed by atoms with E-state index < -0.39 is 5.54 Å². The topological polar surface area (TPSA) is 49.4 Å². The van der Waals surface area contributed by atoms with E-state index in [0.29, 0.717) is 18.9 Å². The van der Waals surface area contributed by atoms with Crippen LogP contribution in [0, 0.1) is 5.92 Å². The average Bonchev–Trinajstić information content (AvgIpc) is 3.05. The molecule has 4 heteroatoms. The molecule has 2 amide bonds. The van der Waals surface area contributed by atoms with Gasteiger partial charge in [-0.2, -0.15) is 0 Å². The summed E-state index contributed by atoms with van der Waals surface area (Å²) in [5.41, 5.74) is 0.0896. The maximum atomic E-state index is 12.6. The zero-order valence-electron chi connectivity index (χ0n) is 13.9. The van der Waals surface area contributed by atoms with Gasteiger partial charge in [0.2, 0.25) is 11.8 Å². The lowest BCUT2D eigenvalue weighted by Crippen LogP contribution is -2.66. The van der Waals surface area contributed by atoms with Crippen molar-refractivity contribution in [2.45, 2.75) is 57.4 Å². The van der Waals surface area contributed by atoms with Gasteiger partial charge in [-0.25, -0.2) is 0 Å². The van der Waals surface area contributed by atoms with Crippen LogP contribution in [-0.4, -0.2) is 28.8 Å². The molecule has 1 N–H and O–H groups in total. The Morgan fingerprint density at radius 3 is 2.52 bits per heavy atom. The van der Waals surface area contributed by atoms with E-state index in [1.807, 2.05) is 37.3 Å². The fourth-order valence-electron chi connectivity index (χ4n) is 3.74. The summed E-state index contributed by atoms with van der Waals surface area (Å²) in [7, 11) is 0. The number of likely N-dealkylation sites (tertiary alicyclic amines) is 1. The van der Waals surface area contributed by atoms with E-state index >= 15 is 0 Å². The zero-order chi connectivity index (χ0) is 16.3. The highest BCUT2D eigenvalue weighted by Gasteiger charge is 2.49. The van der Waals surface area contributed by atoms with Crippen LogP contribution in [0.2, 0.25) is 0 Å². The first-order chi connectivity index (χ1) is 11.1. The molecular formula is C19H26N2O2. The van der Waals surface area contributed by atoms with Gasteiger partial charge >= 0.3 is 0 Å². The van der Waals surface area contributed by atoms with Gasteiger partial charge < -0.3 is 10.2 Å². The van der Waals surface area contributed by atoms with Crippen LogP contribution < -0.4 is 5.32 Å². The van der Waals surface area contributed by atoms with Gasteiger partial charge in [-0.1, -0.05) is 43.9 Å². The maximum Gasteiger partial charge on any atom is 0.250 e. The fraction of sp³-hybridized carbons (Fsp3) is 0.579. The van der Waals surface area contributed by atoms with Crippen LogP contribution in [0.3, 0.4) is 0 Å². The molecule has 0 spiro atoms. The molecule has 1 saturated carbocycles. The predicted octanol–water partition coefficient (Wildman–Crippen LogP) is 3.59. The third kappa shape index (κ3) is 3.41. The van der Waals surface area contributed by atoms with Crippen molar-refractivity contribution in [3.05, 3.63) is 30.3 Å². The molecule has 0 bridgehead atoms. The van der Waals surface area contributed by atoms with E-state index in [4.69, 9.17) is 0 Å². The first kappa shape index (κ1) is 16.0. The SMILES string of the molecule is CC1(C(=O)Nc2ccccc2)CCN1C(=O)CCC1CCCC1. The molecule has 1 unspecified atom stereocenters. The average molecular weight is 314 g/mol. The summed E-state index contributed by atoms with van der Waals surface area (Å²) in [6.07, 6.45) is 7.43. The Bertz CT molecular complexity index is 566. The second-order valence-corrected chi connectivity index (χ2v) is 7.08. The number of hydrogen-bond acceptors (Lipinski definition) is 2. The van der Waals surface area contributed by atoms with Crippen LogP contribution in [0.25, 0.3) is 0 Å². The number of benzene rings is 1.